The quantitative estimate of drug-likeness (QED) is 0.320. The lowest BCUT2D eigenvalue weighted by Gasteiger charge is -2.59. The SMILES string of the molecule is O=C1C[C@]2(CO)[C@H](CC[C@@]34C[C@@H](CC[C@H]32)[C@@](O)(CO[C@@H]2O[C@H](CO)[C@@H](O)[C@H](O)[C@H]2O)C4)c2ccoc21. The minimum absolute atomic E-state index is 0.0418. The van der Waals surface area contributed by atoms with Crippen LogP contribution in [0.2, 0.25) is 0 Å². The number of hydrogen-bond donors (Lipinski definition) is 6. The number of rotatable bonds is 5. The number of ether oxygens (including phenoxy) is 2. The predicted molar refractivity (Wildman–Crippen MR) is 122 cm³/mol. The van der Waals surface area contributed by atoms with E-state index in [0.717, 1.165) is 37.7 Å². The zero-order valence-electron chi connectivity index (χ0n) is 20.2. The molecule has 2 heterocycles. The van der Waals surface area contributed by atoms with Crippen molar-refractivity contribution in [2.75, 3.05) is 19.8 Å². The molecule has 10 heteroatoms. The molecule has 2 bridgehead atoms. The molecule has 3 saturated carbocycles. The second-order valence-corrected chi connectivity index (χ2v) is 12.0. The smallest absolute Gasteiger partial charge is 0.198 e. The van der Waals surface area contributed by atoms with Gasteiger partial charge in [-0.15, -0.1) is 0 Å². The molecule has 0 aromatic carbocycles. The molecule has 6 N–H and O–H groups in total. The monoisotopic (exact) mass is 508 g/mol. The van der Waals surface area contributed by atoms with E-state index in [0.29, 0.717) is 12.2 Å². The summed E-state index contributed by atoms with van der Waals surface area (Å²) < 4.78 is 16.8. The average molecular weight is 509 g/mol. The molecule has 0 radical (unpaired) electrons. The van der Waals surface area contributed by atoms with Gasteiger partial charge in [0.25, 0.3) is 0 Å². The molecule has 6 rings (SSSR count). The first-order chi connectivity index (χ1) is 17.2. The summed E-state index contributed by atoms with van der Waals surface area (Å²) in [6.07, 6.45) is -0.716. The number of carbonyl (C=O) groups is 1. The van der Waals surface area contributed by atoms with E-state index in [1.54, 1.807) is 6.26 Å². The van der Waals surface area contributed by atoms with Gasteiger partial charge in [0.1, 0.15) is 24.4 Å². The third kappa shape index (κ3) is 3.36. The van der Waals surface area contributed by atoms with E-state index in [1.807, 2.05) is 6.07 Å². The topological polar surface area (TPSA) is 170 Å². The lowest BCUT2D eigenvalue weighted by molar-refractivity contribution is -0.310. The molecule has 1 aromatic heterocycles. The lowest BCUT2D eigenvalue weighted by atomic mass is 9.44. The van der Waals surface area contributed by atoms with Gasteiger partial charge in [0, 0.05) is 17.4 Å². The second kappa shape index (κ2) is 8.57. The number of aliphatic hydroxyl groups excluding tert-OH is 5. The fraction of sp³-hybridized carbons (Fsp3) is 0.808. The van der Waals surface area contributed by atoms with Crippen molar-refractivity contribution in [1.82, 2.24) is 0 Å². The Kier molecular flexibility index (Phi) is 5.94. The first kappa shape index (κ1) is 24.9. The third-order valence-electron chi connectivity index (χ3n) is 10.4. The fourth-order valence-corrected chi connectivity index (χ4v) is 8.83. The standard InChI is InChI=1S/C26H36O10/c27-9-17-19(30)20(31)21(32)23(36-17)35-12-26(33)10-24-5-3-15-14-4-6-34-22(14)16(29)8-25(15,11-28)18(24)2-1-13(26)7-24/h4,6,13,15,17-21,23,27-28,30-33H,1-3,5,7-12H2/t13-,15-,17-,18-,19-,20+,21-,23-,24+,25+,26+/m1/s1. The van der Waals surface area contributed by atoms with Crippen molar-refractivity contribution in [3.63, 3.8) is 0 Å². The van der Waals surface area contributed by atoms with E-state index in [2.05, 4.69) is 0 Å². The van der Waals surface area contributed by atoms with Gasteiger partial charge in [-0.2, -0.15) is 0 Å². The van der Waals surface area contributed by atoms with E-state index in [4.69, 9.17) is 13.9 Å². The van der Waals surface area contributed by atoms with Crippen molar-refractivity contribution >= 4 is 5.78 Å². The first-order valence-electron chi connectivity index (χ1n) is 13.0. The summed E-state index contributed by atoms with van der Waals surface area (Å²) >= 11 is 0. The molecule has 1 spiro atoms. The van der Waals surface area contributed by atoms with Gasteiger partial charge in [-0.05, 0) is 67.8 Å². The Hall–Kier alpha value is -1.37. The molecule has 4 fully saturated rings. The maximum absolute atomic E-state index is 13.0. The van der Waals surface area contributed by atoms with Gasteiger partial charge in [-0.25, -0.2) is 0 Å². The summed E-state index contributed by atoms with van der Waals surface area (Å²) in [6.45, 7) is -0.774. The summed E-state index contributed by atoms with van der Waals surface area (Å²) in [5, 5.41) is 62.5. The zero-order chi connectivity index (χ0) is 25.5. The molecule has 4 aliphatic carbocycles. The van der Waals surface area contributed by atoms with Crippen LogP contribution < -0.4 is 0 Å². The van der Waals surface area contributed by atoms with Crippen LogP contribution >= 0.6 is 0 Å². The van der Waals surface area contributed by atoms with E-state index in [9.17, 15) is 35.4 Å². The Labute approximate surface area is 208 Å². The average Bonchev–Trinajstić information content (AvgIpc) is 3.44. The maximum Gasteiger partial charge on any atom is 0.198 e. The lowest BCUT2D eigenvalue weighted by Crippen LogP contribution is -2.59. The molecule has 1 aliphatic heterocycles. The van der Waals surface area contributed by atoms with E-state index in [1.165, 1.54) is 0 Å². The third-order valence-corrected chi connectivity index (χ3v) is 10.4. The largest absolute Gasteiger partial charge is 0.461 e. The van der Waals surface area contributed by atoms with Crippen LogP contribution in [0.1, 0.15) is 67.0 Å². The molecular formula is C26H36O10. The van der Waals surface area contributed by atoms with E-state index in [-0.39, 0.29) is 48.6 Å². The Morgan fingerprint density at radius 2 is 1.89 bits per heavy atom. The van der Waals surface area contributed by atoms with Gasteiger partial charge in [-0.3, -0.25) is 4.79 Å². The molecule has 1 saturated heterocycles. The second-order valence-electron chi connectivity index (χ2n) is 12.0. The number of aliphatic hydroxyl groups is 6. The van der Waals surface area contributed by atoms with Crippen LogP contribution in [0.15, 0.2) is 16.7 Å². The minimum atomic E-state index is -1.54. The number of carbonyl (C=O) groups excluding carboxylic acids is 1. The first-order valence-corrected chi connectivity index (χ1v) is 13.0. The van der Waals surface area contributed by atoms with Crippen LogP contribution in [0.5, 0.6) is 0 Å². The van der Waals surface area contributed by atoms with E-state index < -0.39 is 48.3 Å². The van der Waals surface area contributed by atoms with Crippen LogP contribution in [0.4, 0.5) is 0 Å². The van der Waals surface area contributed by atoms with Gasteiger partial charge in [0.05, 0.1) is 31.7 Å². The Balaban J connectivity index is 1.23. The molecule has 10 nitrogen and oxygen atoms in total. The summed E-state index contributed by atoms with van der Waals surface area (Å²) in [7, 11) is 0. The molecule has 11 atom stereocenters. The number of hydrogen-bond acceptors (Lipinski definition) is 10. The Morgan fingerprint density at radius 3 is 2.64 bits per heavy atom. The van der Waals surface area contributed by atoms with Crippen LogP contribution in [-0.2, 0) is 9.47 Å². The summed E-state index contributed by atoms with van der Waals surface area (Å²) in [4.78, 5) is 13.0. The van der Waals surface area contributed by atoms with Crippen molar-refractivity contribution in [3.05, 3.63) is 23.7 Å². The molecule has 200 valence electrons. The Morgan fingerprint density at radius 1 is 1.08 bits per heavy atom. The van der Waals surface area contributed by atoms with Crippen molar-refractivity contribution < 1.29 is 49.3 Å². The van der Waals surface area contributed by atoms with Gasteiger partial charge in [0.15, 0.2) is 17.8 Å². The number of Topliss-reactive ketones (excluding diaryl/α,β-unsaturated/α-hetero) is 1. The number of furan rings is 1. The van der Waals surface area contributed by atoms with Crippen LogP contribution in [0.3, 0.4) is 0 Å². The van der Waals surface area contributed by atoms with Crippen LogP contribution in [0, 0.1) is 22.7 Å². The maximum atomic E-state index is 13.0. The van der Waals surface area contributed by atoms with Crippen LogP contribution in [0.25, 0.3) is 0 Å². The Bertz CT molecular complexity index is 1010. The fourth-order valence-electron chi connectivity index (χ4n) is 8.83. The highest BCUT2D eigenvalue weighted by atomic mass is 16.7. The van der Waals surface area contributed by atoms with Crippen molar-refractivity contribution in [2.45, 2.75) is 87.2 Å². The van der Waals surface area contributed by atoms with Gasteiger partial charge in [-0.1, -0.05) is 0 Å². The molecule has 5 aliphatic rings. The summed E-state index contributed by atoms with van der Waals surface area (Å²) in [5.41, 5.74) is -1.12. The number of ketones is 1. The highest BCUT2D eigenvalue weighted by molar-refractivity contribution is 5.97. The highest BCUT2D eigenvalue weighted by Crippen LogP contribution is 2.72. The van der Waals surface area contributed by atoms with Gasteiger partial charge >= 0.3 is 0 Å². The van der Waals surface area contributed by atoms with Gasteiger partial charge < -0.3 is 44.5 Å². The molecule has 36 heavy (non-hydrogen) atoms. The summed E-state index contributed by atoms with van der Waals surface area (Å²) in [5.74, 6) is 0.413. The summed E-state index contributed by atoms with van der Waals surface area (Å²) in [6, 6.07) is 1.87. The molecule has 1 aromatic rings. The van der Waals surface area contributed by atoms with Crippen molar-refractivity contribution in [3.8, 4) is 0 Å². The molecule has 0 amide bonds. The normalized spacial score (nSPS) is 49.9. The van der Waals surface area contributed by atoms with E-state index >= 15 is 0 Å². The minimum Gasteiger partial charge on any atom is -0.461 e. The van der Waals surface area contributed by atoms with Crippen molar-refractivity contribution in [2.24, 2.45) is 22.7 Å². The molecular weight excluding hydrogens is 472 g/mol. The zero-order valence-corrected chi connectivity index (χ0v) is 20.2. The van der Waals surface area contributed by atoms with Gasteiger partial charge in [0.2, 0.25) is 0 Å². The van der Waals surface area contributed by atoms with Crippen LogP contribution in [-0.4, -0.2) is 92.5 Å². The highest BCUT2D eigenvalue weighted by Gasteiger charge is 2.68. The number of fused-ring (bicyclic) bond motifs is 5. The molecule has 0 unspecified atom stereocenters. The van der Waals surface area contributed by atoms with Crippen molar-refractivity contribution in [1.29, 1.82) is 0 Å². The predicted octanol–water partition coefficient (Wildman–Crippen LogP) is 0.0761.